The van der Waals surface area contributed by atoms with Crippen LogP contribution in [-0.2, 0) is 9.59 Å². The fourth-order valence-electron chi connectivity index (χ4n) is 3.04. The highest BCUT2D eigenvalue weighted by Crippen LogP contribution is 2.24. The normalized spacial score (nSPS) is 10.6. The maximum Gasteiger partial charge on any atom is 0.303 e. The number of Topliss-reactive ketones (excluding diaryl/α,β-unsaturated/α-hetero) is 1. The molecule has 0 aliphatic heterocycles. The van der Waals surface area contributed by atoms with Crippen LogP contribution in [0.3, 0.4) is 0 Å². The summed E-state index contributed by atoms with van der Waals surface area (Å²) in [5.41, 5.74) is 0.399. The summed E-state index contributed by atoms with van der Waals surface area (Å²) in [6, 6.07) is 4.86. The van der Waals surface area contributed by atoms with Gasteiger partial charge in [-0.3, -0.25) is 14.4 Å². The minimum Gasteiger partial charge on any atom is -0.496 e. The molecule has 0 bridgehead atoms. The molecule has 1 aromatic carbocycles. The lowest BCUT2D eigenvalue weighted by Gasteiger charge is -2.08. The fourth-order valence-corrected chi connectivity index (χ4v) is 3.21. The highest BCUT2D eigenvalue weighted by molar-refractivity contribution is 6.31. The zero-order valence-corrected chi connectivity index (χ0v) is 17.9. The first kappa shape index (κ1) is 25.0. The molecule has 0 atom stereocenters. The predicted octanol–water partition coefficient (Wildman–Crippen LogP) is 5.02. The number of carboxylic acid groups (broad SMARTS) is 1. The summed E-state index contributed by atoms with van der Waals surface area (Å²) in [4.78, 5) is 34.6. The number of methoxy groups -OCH3 is 1. The molecule has 0 saturated heterocycles. The summed E-state index contributed by atoms with van der Waals surface area (Å²) in [5.74, 6) is -0.553. The number of halogens is 1. The van der Waals surface area contributed by atoms with Crippen molar-refractivity contribution in [2.75, 3.05) is 13.7 Å². The van der Waals surface area contributed by atoms with Crippen molar-refractivity contribution >= 4 is 29.3 Å². The van der Waals surface area contributed by atoms with Crippen LogP contribution in [0.4, 0.5) is 0 Å². The third kappa shape index (κ3) is 11.5. The zero-order valence-electron chi connectivity index (χ0n) is 17.2. The van der Waals surface area contributed by atoms with Gasteiger partial charge in [-0.15, -0.1) is 0 Å². The van der Waals surface area contributed by atoms with Gasteiger partial charge in [-0.2, -0.15) is 0 Å². The molecule has 0 radical (unpaired) electrons. The molecule has 2 N–H and O–H groups in total. The Balaban J connectivity index is 2.07. The second-order valence-corrected chi connectivity index (χ2v) is 7.53. The minimum atomic E-state index is -0.722. The summed E-state index contributed by atoms with van der Waals surface area (Å²) in [6.45, 7) is 0.617. The van der Waals surface area contributed by atoms with Gasteiger partial charge in [0.2, 0.25) is 5.91 Å². The topological polar surface area (TPSA) is 92.7 Å². The first-order chi connectivity index (χ1) is 13.9. The van der Waals surface area contributed by atoms with E-state index in [1.54, 1.807) is 18.2 Å². The summed E-state index contributed by atoms with van der Waals surface area (Å²) in [7, 11) is 1.49. The van der Waals surface area contributed by atoms with Gasteiger partial charge in [-0.25, -0.2) is 0 Å². The van der Waals surface area contributed by atoms with Gasteiger partial charge in [0.1, 0.15) is 5.75 Å². The molecular weight excluding hydrogens is 394 g/mol. The second-order valence-electron chi connectivity index (χ2n) is 7.09. The Kier molecular flexibility index (Phi) is 12.8. The van der Waals surface area contributed by atoms with E-state index >= 15 is 0 Å². The van der Waals surface area contributed by atoms with Crippen LogP contribution in [0.25, 0.3) is 0 Å². The van der Waals surface area contributed by atoms with Crippen LogP contribution in [0.15, 0.2) is 18.2 Å². The van der Waals surface area contributed by atoms with E-state index in [0.717, 1.165) is 51.4 Å². The maximum absolute atomic E-state index is 12.3. The Morgan fingerprint density at radius 3 is 2.17 bits per heavy atom. The third-order valence-electron chi connectivity index (χ3n) is 4.68. The van der Waals surface area contributed by atoms with E-state index < -0.39 is 5.97 Å². The molecule has 7 heteroatoms. The molecule has 0 saturated carbocycles. The average molecular weight is 426 g/mol. The molecule has 6 nitrogen and oxygen atoms in total. The highest BCUT2D eigenvalue weighted by Gasteiger charge is 2.14. The van der Waals surface area contributed by atoms with Gasteiger partial charge in [0.25, 0.3) is 0 Å². The van der Waals surface area contributed by atoms with Crippen LogP contribution in [0, 0.1) is 0 Å². The minimum absolute atomic E-state index is 0.115. The molecule has 0 spiro atoms. The van der Waals surface area contributed by atoms with E-state index in [0.29, 0.717) is 22.9 Å². The Labute approximate surface area is 178 Å². The molecule has 162 valence electrons. The number of carbonyl (C=O) groups excluding carboxylic acids is 2. The Bertz CT molecular complexity index is 663. The number of aliphatic carboxylic acids is 1. The van der Waals surface area contributed by atoms with Crippen LogP contribution in [0.2, 0.25) is 5.02 Å². The number of unbranched alkanes of at least 4 members (excludes halogenated alkanes) is 7. The van der Waals surface area contributed by atoms with Gasteiger partial charge in [0.05, 0.1) is 12.7 Å². The highest BCUT2D eigenvalue weighted by atomic mass is 35.5. The predicted molar refractivity (Wildman–Crippen MR) is 114 cm³/mol. The first-order valence-corrected chi connectivity index (χ1v) is 10.7. The van der Waals surface area contributed by atoms with Gasteiger partial charge in [-0.05, 0) is 31.0 Å². The number of nitrogens with one attached hydrogen (secondary N) is 1. The lowest BCUT2D eigenvalue weighted by atomic mass is 10.1. The first-order valence-electron chi connectivity index (χ1n) is 10.3. The number of ether oxygens (including phenoxy) is 1. The van der Waals surface area contributed by atoms with Crippen molar-refractivity contribution in [2.24, 2.45) is 0 Å². The Morgan fingerprint density at radius 1 is 0.931 bits per heavy atom. The standard InChI is InChI=1S/C22H32ClNO5/c1-29-20-13-11-17(23)16-18(20)19(25)12-14-21(26)24-15-9-7-5-3-2-4-6-8-10-22(27)28/h11,13,16H,2-10,12,14-15H2,1H3,(H,24,26)(H,27,28). The summed E-state index contributed by atoms with van der Waals surface area (Å²) in [5, 5.41) is 11.9. The van der Waals surface area contributed by atoms with E-state index in [9.17, 15) is 14.4 Å². The lowest BCUT2D eigenvalue weighted by Crippen LogP contribution is -2.24. The molecule has 0 aliphatic rings. The monoisotopic (exact) mass is 425 g/mol. The Hall–Kier alpha value is -2.08. The van der Waals surface area contributed by atoms with Crippen LogP contribution >= 0.6 is 11.6 Å². The SMILES string of the molecule is COc1ccc(Cl)cc1C(=O)CCC(=O)NCCCCCCCCCCC(=O)O. The molecule has 0 heterocycles. The molecule has 0 fully saturated rings. The number of hydrogen-bond acceptors (Lipinski definition) is 4. The zero-order chi connectivity index (χ0) is 21.5. The van der Waals surface area contributed by atoms with E-state index in [1.807, 2.05) is 0 Å². The van der Waals surface area contributed by atoms with Crippen LogP contribution in [-0.4, -0.2) is 36.4 Å². The molecule has 1 rings (SSSR count). The smallest absolute Gasteiger partial charge is 0.303 e. The van der Waals surface area contributed by atoms with E-state index in [-0.39, 0.29) is 31.0 Å². The maximum atomic E-state index is 12.3. The third-order valence-corrected chi connectivity index (χ3v) is 4.92. The quantitative estimate of drug-likeness (QED) is 0.286. The summed E-state index contributed by atoms with van der Waals surface area (Å²) < 4.78 is 5.17. The molecule has 0 aliphatic carbocycles. The van der Waals surface area contributed by atoms with Gasteiger partial charge in [0, 0.05) is 30.8 Å². The molecule has 1 aromatic rings. The fraction of sp³-hybridized carbons (Fsp3) is 0.591. The molecule has 0 aromatic heterocycles. The van der Waals surface area contributed by atoms with Gasteiger partial charge < -0.3 is 15.2 Å². The van der Waals surface area contributed by atoms with E-state index in [2.05, 4.69) is 5.32 Å². The van der Waals surface area contributed by atoms with Gasteiger partial charge in [-0.1, -0.05) is 50.1 Å². The summed E-state index contributed by atoms with van der Waals surface area (Å²) in [6.07, 6.45) is 8.67. The van der Waals surface area contributed by atoms with Crippen molar-refractivity contribution in [3.05, 3.63) is 28.8 Å². The number of carbonyl (C=O) groups is 3. The molecule has 0 unspecified atom stereocenters. The van der Waals surface area contributed by atoms with Crippen molar-refractivity contribution in [3.8, 4) is 5.75 Å². The van der Waals surface area contributed by atoms with Gasteiger partial charge in [0.15, 0.2) is 5.78 Å². The molecular formula is C22H32ClNO5. The van der Waals surface area contributed by atoms with Crippen molar-refractivity contribution in [1.29, 1.82) is 0 Å². The van der Waals surface area contributed by atoms with Crippen LogP contribution < -0.4 is 10.1 Å². The number of carboxylic acids is 1. The van der Waals surface area contributed by atoms with Crippen LogP contribution in [0.1, 0.15) is 81.0 Å². The van der Waals surface area contributed by atoms with Crippen molar-refractivity contribution in [1.82, 2.24) is 5.32 Å². The van der Waals surface area contributed by atoms with Crippen molar-refractivity contribution in [3.63, 3.8) is 0 Å². The average Bonchev–Trinajstić information content (AvgIpc) is 2.69. The van der Waals surface area contributed by atoms with Crippen molar-refractivity contribution in [2.45, 2.75) is 70.6 Å². The van der Waals surface area contributed by atoms with Gasteiger partial charge >= 0.3 is 5.97 Å². The molecule has 29 heavy (non-hydrogen) atoms. The largest absolute Gasteiger partial charge is 0.496 e. The summed E-state index contributed by atoms with van der Waals surface area (Å²) >= 11 is 5.94. The second kappa shape index (κ2) is 14.9. The number of amides is 1. The number of rotatable bonds is 16. The lowest BCUT2D eigenvalue weighted by molar-refractivity contribution is -0.137. The number of benzene rings is 1. The van der Waals surface area contributed by atoms with Crippen LogP contribution in [0.5, 0.6) is 5.75 Å². The number of ketones is 1. The molecule has 1 amide bonds. The van der Waals surface area contributed by atoms with E-state index in [1.165, 1.54) is 7.11 Å². The Morgan fingerprint density at radius 2 is 1.55 bits per heavy atom. The number of hydrogen-bond donors (Lipinski definition) is 2. The van der Waals surface area contributed by atoms with E-state index in [4.69, 9.17) is 21.4 Å². The van der Waals surface area contributed by atoms with Crippen molar-refractivity contribution < 1.29 is 24.2 Å².